The molecule has 1 aliphatic rings. The molecule has 1 rings (SSSR count). The molecule has 28 heavy (non-hydrogen) atoms. The van der Waals surface area contributed by atoms with Crippen LogP contribution < -0.4 is 10.6 Å². The van der Waals surface area contributed by atoms with Crippen molar-refractivity contribution in [2.45, 2.75) is 33.1 Å². The van der Waals surface area contributed by atoms with Crippen molar-refractivity contribution in [2.75, 3.05) is 26.3 Å². The van der Waals surface area contributed by atoms with E-state index in [4.69, 9.17) is 4.74 Å². The predicted molar refractivity (Wildman–Crippen MR) is 96.5 cm³/mol. The van der Waals surface area contributed by atoms with Crippen molar-refractivity contribution in [2.24, 2.45) is 5.92 Å². The van der Waals surface area contributed by atoms with Gasteiger partial charge in [0, 0.05) is 44.9 Å². The van der Waals surface area contributed by atoms with Gasteiger partial charge in [-0.1, -0.05) is 6.92 Å². The lowest BCUT2D eigenvalue weighted by Crippen LogP contribution is -2.38. The Morgan fingerprint density at radius 3 is 2.29 bits per heavy atom. The van der Waals surface area contributed by atoms with Crippen LogP contribution >= 0.6 is 0 Å². The number of carbonyl (C=O) groups excluding carboxylic acids is 6. The van der Waals surface area contributed by atoms with E-state index in [1.165, 1.54) is 19.1 Å². The SMILES string of the molecule is CCC(=O)CC(CC(=O)NCCOCCN1C(=O)C=CC1=O)C(=O)NC(C)=O. The first-order valence-corrected chi connectivity index (χ1v) is 8.95. The molecule has 0 radical (unpaired) electrons. The molecule has 0 aromatic carbocycles. The number of rotatable bonds is 12. The molecule has 0 aromatic rings. The van der Waals surface area contributed by atoms with Crippen LogP contribution in [0.15, 0.2) is 12.2 Å². The van der Waals surface area contributed by atoms with Crippen molar-refractivity contribution < 1.29 is 33.5 Å². The van der Waals surface area contributed by atoms with Gasteiger partial charge in [0.1, 0.15) is 5.78 Å². The van der Waals surface area contributed by atoms with Gasteiger partial charge >= 0.3 is 0 Å². The highest BCUT2D eigenvalue weighted by molar-refractivity contribution is 6.12. The van der Waals surface area contributed by atoms with Crippen LogP contribution in [0.25, 0.3) is 0 Å². The number of ether oxygens (including phenoxy) is 1. The molecule has 0 spiro atoms. The highest BCUT2D eigenvalue weighted by Gasteiger charge is 2.25. The van der Waals surface area contributed by atoms with E-state index in [0.29, 0.717) is 0 Å². The monoisotopic (exact) mass is 395 g/mol. The summed E-state index contributed by atoms with van der Waals surface area (Å²) >= 11 is 0. The molecule has 1 atom stereocenters. The smallest absolute Gasteiger partial charge is 0.253 e. The molecular weight excluding hydrogens is 370 g/mol. The van der Waals surface area contributed by atoms with Gasteiger partial charge in [-0.2, -0.15) is 0 Å². The Bertz CT molecular complexity index is 654. The van der Waals surface area contributed by atoms with Crippen molar-refractivity contribution in [3.63, 3.8) is 0 Å². The van der Waals surface area contributed by atoms with Crippen molar-refractivity contribution in [3.8, 4) is 0 Å². The Hall–Kier alpha value is -2.88. The van der Waals surface area contributed by atoms with Crippen LogP contribution in [-0.2, 0) is 33.5 Å². The number of carbonyl (C=O) groups is 6. The summed E-state index contributed by atoms with van der Waals surface area (Å²) < 4.78 is 5.26. The Morgan fingerprint density at radius 1 is 1.07 bits per heavy atom. The van der Waals surface area contributed by atoms with Crippen LogP contribution in [0.4, 0.5) is 0 Å². The van der Waals surface area contributed by atoms with Gasteiger partial charge in [-0.05, 0) is 0 Å². The van der Waals surface area contributed by atoms with Crippen LogP contribution in [-0.4, -0.2) is 66.5 Å². The summed E-state index contributed by atoms with van der Waals surface area (Å²) in [6.45, 7) is 3.37. The van der Waals surface area contributed by atoms with E-state index < -0.39 is 35.5 Å². The molecule has 10 heteroatoms. The molecule has 0 aliphatic carbocycles. The molecule has 0 aromatic heterocycles. The maximum absolute atomic E-state index is 12.0. The molecule has 1 unspecified atom stereocenters. The van der Waals surface area contributed by atoms with Crippen molar-refractivity contribution in [1.29, 1.82) is 0 Å². The maximum atomic E-state index is 12.0. The fourth-order valence-corrected chi connectivity index (χ4v) is 2.42. The fraction of sp³-hybridized carbons (Fsp3) is 0.556. The minimum atomic E-state index is -0.919. The zero-order valence-corrected chi connectivity index (χ0v) is 16.0. The summed E-state index contributed by atoms with van der Waals surface area (Å²) in [5, 5.41) is 4.65. The Kier molecular flexibility index (Phi) is 9.72. The first-order chi connectivity index (χ1) is 13.2. The summed E-state index contributed by atoms with van der Waals surface area (Å²) in [6.07, 6.45) is 2.25. The van der Waals surface area contributed by atoms with E-state index in [2.05, 4.69) is 10.6 Å². The number of nitrogens with one attached hydrogen (secondary N) is 2. The third kappa shape index (κ3) is 8.21. The number of Topliss-reactive ketones (excluding diaryl/α,β-unsaturated/α-hetero) is 1. The molecule has 0 fully saturated rings. The van der Waals surface area contributed by atoms with E-state index in [1.807, 2.05) is 0 Å². The second kappa shape index (κ2) is 11.8. The van der Waals surface area contributed by atoms with E-state index in [9.17, 15) is 28.8 Å². The number of amides is 5. The Morgan fingerprint density at radius 2 is 1.71 bits per heavy atom. The van der Waals surface area contributed by atoms with Crippen LogP contribution in [0.2, 0.25) is 0 Å². The quantitative estimate of drug-likeness (QED) is 0.322. The maximum Gasteiger partial charge on any atom is 0.253 e. The van der Waals surface area contributed by atoms with Crippen LogP contribution in [0, 0.1) is 5.92 Å². The molecular formula is C18H25N3O7. The number of nitrogens with zero attached hydrogens (tertiary/aromatic N) is 1. The zero-order valence-electron chi connectivity index (χ0n) is 16.0. The second-order valence-electron chi connectivity index (χ2n) is 6.17. The van der Waals surface area contributed by atoms with Crippen molar-refractivity contribution in [1.82, 2.24) is 15.5 Å². The average Bonchev–Trinajstić information content (AvgIpc) is 2.94. The normalized spacial score (nSPS) is 14.1. The number of ketones is 1. The molecule has 2 N–H and O–H groups in total. The molecule has 10 nitrogen and oxygen atoms in total. The zero-order chi connectivity index (χ0) is 21.1. The Balaban J connectivity index is 2.30. The van der Waals surface area contributed by atoms with E-state index >= 15 is 0 Å². The molecule has 1 aliphatic heterocycles. The number of hydrogen-bond acceptors (Lipinski definition) is 7. The van der Waals surface area contributed by atoms with Crippen molar-refractivity contribution in [3.05, 3.63) is 12.2 Å². The average molecular weight is 395 g/mol. The highest BCUT2D eigenvalue weighted by Crippen LogP contribution is 2.11. The third-order valence-corrected chi connectivity index (χ3v) is 3.90. The molecule has 0 bridgehead atoms. The summed E-state index contributed by atoms with van der Waals surface area (Å²) in [7, 11) is 0. The lowest BCUT2D eigenvalue weighted by Gasteiger charge is -2.15. The van der Waals surface area contributed by atoms with Crippen LogP contribution in [0.3, 0.4) is 0 Å². The van der Waals surface area contributed by atoms with Gasteiger partial charge in [0.05, 0.1) is 25.7 Å². The summed E-state index contributed by atoms with van der Waals surface area (Å²) in [6, 6.07) is 0. The first kappa shape index (κ1) is 23.2. The first-order valence-electron chi connectivity index (χ1n) is 8.95. The number of imide groups is 2. The molecule has 154 valence electrons. The topological polar surface area (TPSA) is 139 Å². The third-order valence-electron chi connectivity index (χ3n) is 3.90. The van der Waals surface area contributed by atoms with Gasteiger partial charge < -0.3 is 10.1 Å². The second-order valence-corrected chi connectivity index (χ2v) is 6.17. The number of hydrogen-bond donors (Lipinski definition) is 2. The molecule has 0 saturated carbocycles. The molecule has 0 saturated heterocycles. The molecule has 5 amide bonds. The van der Waals surface area contributed by atoms with Gasteiger partial charge in [0.15, 0.2) is 0 Å². The van der Waals surface area contributed by atoms with Gasteiger partial charge in [-0.3, -0.25) is 39.0 Å². The minimum absolute atomic E-state index is 0.116. The molecule has 1 heterocycles. The standard InChI is InChI=1S/C18H25N3O7/c1-3-14(23)10-13(18(27)20-12(2)22)11-15(24)19-6-8-28-9-7-21-16(25)4-5-17(21)26/h4-5,13H,3,6-11H2,1-2H3,(H,19,24)(H,20,22,27). The highest BCUT2D eigenvalue weighted by atomic mass is 16.5. The van der Waals surface area contributed by atoms with Gasteiger partial charge in [-0.15, -0.1) is 0 Å². The van der Waals surface area contributed by atoms with Gasteiger partial charge in [0.25, 0.3) is 11.8 Å². The van der Waals surface area contributed by atoms with Crippen LogP contribution in [0.1, 0.15) is 33.1 Å². The minimum Gasteiger partial charge on any atom is -0.378 e. The van der Waals surface area contributed by atoms with E-state index in [0.717, 1.165) is 4.90 Å². The van der Waals surface area contributed by atoms with Gasteiger partial charge in [-0.25, -0.2) is 0 Å². The van der Waals surface area contributed by atoms with E-state index in [1.54, 1.807) is 6.92 Å². The summed E-state index contributed by atoms with van der Waals surface area (Å²) in [4.78, 5) is 70.3. The van der Waals surface area contributed by atoms with E-state index in [-0.39, 0.29) is 51.3 Å². The lowest BCUT2D eigenvalue weighted by molar-refractivity contribution is -0.138. The predicted octanol–water partition coefficient (Wildman–Crippen LogP) is -0.918. The van der Waals surface area contributed by atoms with Gasteiger partial charge in [0.2, 0.25) is 17.7 Å². The summed E-state index contributed by atoms with van der Waals surface area (Å²) in [5.41, 5.74) is 0. The summed E-state index contributed by atoms with van der Waals surface area (Å²) in [5.74, 6) is -3.55. The van der Waals surface area contributed by atoms with Crippen LogP contribution in [0.5, 0.6) is 0 Å². The fourth-order valence-electron chi connectivity index (χ4n) is 2.42. The Labute approximate surface area is 162 Å². The van der Waals surface area contributed by atoms with Crippen molar-refractivity contribution >= 4 is 35.3 Å². The lowest BCUT2D eigenvalue weighted by atomic mass is 9.96. The largest absolute Gasteiger partial charge is 0.378 e.